The molecule has 1 aliphatic carbocycles. The van der Waals surface area contributed by atoms with Crippen LogP contribution in [0.3, 0.4) is 0 Å². The maximum Gasteiger partial charge on any atom is 0.409 e. The number of alkyl carbamates (subject to hydrolysis) is 1. The molecule has 0 unspecified atom stereocenters. The quantitative estimate of drug-likeness (QED) is 0.827. The summed E-state index contributed by atoms with van der Waals surface area (Å²) in [5.74, 6) is 0.351. The van der Waals surface area contributed by atoms with Crippen LogP contribution in [0.2, 0.25) is 0 Å². The summed E-state index contributed by atoms with van der Waals surface area (Å²) < 4.78 is 11.0. The Morgan fingerprint density at radius 1 is 1.07 bits per heavy atom. The molecule has 7 nitrogen and oxygen atoms in total. The Hall–Kier alpha value is -2.28. The number of hydrogen-bond donors (Lipinski definition) is 2. The zero-order valence-electron chi connectivity index (χ0n) is 15.7. The van der Waals surface area contributed by atoms with E-state index in [1.807, 2.05) is 30.3 Å². The van der Waals surface area contributed by atoms with Crippen molar-refractivity contribution in [1.29, 1.82) is 0 Å². The Bertz CT molecular complexity index is 597. The first-order valence-electron chi connectivity index (χ1n) is 9.81. The summed E-state index contributed by atoms with van der Waals surface area (Å²) in [6.07, 6.45) is 2.81. The maximum absolute atomic E-state index is 12.0. The van der Waals surface area contributed by atoms with Crippen molar-refractivity contribution < 1.29 is 19.1 Å². The Morgan fingerprint density at radius 3 is 2.48 bits per heavy atom. The van der Waals surface area contributed by atoms with Gasteiger partial charge in [-0.15, -0.1) is 0 Å². The van der Waals surface area contributed by atoms with Gasteiger partial charge in [-0.05, 0) is 37.2 Å². The first kappa shape index (κ1) is 19.5. The van der Waals surface area contributed by atoms with Crippen LogP contribution in [0.1, 0.15) is 31.2 Å². The highest BCUT2D eigenvalue weighted by molar-refractivity contribution is 5.68. The van der Waals surface area contributed by atoms with Crippen molar-refractivity contribution in [3.05, 3.63) is 35.9 Å². The number of amides is 2. The molecule has 2 N–H and O–H groups in total. The summed E-state index contributed by atoms with van der Waals surface area (Å²) in [4.78, 5) is 25.7. The highest BCUT2D eigenvalue weighted by atomic mass is 16.6. The van der Waals surface area contributed by atoms with Crippen LogP contribution >= 0.6 is 0 Å². The lowest BCUT2D eigenvalue weighted by atomic mass is 9.88. The smallest absolute Gasteiger partial charge is 0.409 e. The highest BCUT2D eigenvalue weighted by Crippen LogP contribution is 2.26. The number of carbonyl (C=O) groups is 2. The average Bonchev–Trinajstić information content (AvgIpc) is 2.73. The van der Waals surface area contributed by atoms with Gasteiger partial charge < -0.3 is 25.0 Å². The number of nitrogens with one attached hydrogen (secondary N) is 2. The van der Waals surface area contributed by atoms with E-state index in [2.05, 4.69) is 10.6 Å². The molecule has 2 amide bonds. The average molecular weight is 375 g/mol. The van der Waals surface area contributed by atoms with E-state index in [0.29, 0.717) is 32.2 Å². The highest BCUT2D eigenvalue weighted by Gasteiger charge is 2.26. The van der Waals surface area contributed by atoms with E-state index in [0.717, 1.165) is 44.3 Å². The SMILES string of the molecule is O=C(NCc1ccccc1)OC1CCC(COC(=O)N2CCNCC2)CC1. The van der Waals surface area contributed by atoms with E-state index in [4.69, 9.17) is 9.47 Å². The molecule has 0 spiro atoms. The van der Waals surface area contributed by atoms with E-state index < -0.39 is 0 Å². The molecule has 7 heteroatoms. The van der Waals surface area contributed by atoms with Gasteiger partial charge in [-0.1, -0.05) is 30.3 Å². The molecular weight excluding hydrogens is 346 g/mol. The van der Waals surface area contributed by atoms with Crippen molar-refractivity contribution in [2.75, 3.05) is 32.8 Å². The zero-order valence-corrected chi connectivity index (χ0v) is 15.7. The Labute approximate surface area is 160 Å². The van der Waals surface area contributed by atoms with Gasteiger partial charge in [-0.25, -0.2) is 9.59 Å². The summed E-state index contributed by atoms with van der Waals surface area (Å²) in [6, 6.07) is 9.76. The standard InChI is InChI=1S/C20H29N3O4/c24-19(22-14-16-4-2-1-3-5-16)27-18-8-6-17(7-9-18)15-26-20(25)23-12-10-21-11-13-23/h1-5,17-18,21H,6-15H2,(H,22,24). The molecule has 1 saturated heterocycles. The van der Waals surface area contributed by atoms with Gasteiger partial charge in [0.15, 0.2) is 0 Å². The molecule has 0 radical (unpaired) electrons. The van der Waals surface area contributed by atoms with Gasteiger partial charge >= 0.3 is 12.2 Å². The summed E-state index contributed by atoms with van der Waals surface area (Å²) in [5.41, 5.74) is 1.05. The number of ether oxygens (including phenoxy) is 2. The van der Waals surface area contributed by atoms with Gasteiger partial charge in [0.1, 0.15) is 6.10 Å². The molecule has 1 aromatic rings. The van der Waals surface area contributed by atoms with Gasteiger partial charge in [0.2, 0.25) is 0 Å². The minimum absolute atomic E-state index is 0.0547. The van der Waals surface area contributed by atoms with Gasteiger partial charge in [0.25, 0.3) is 0 Å². The summed E-state index contributed by atoms with van der Waals surface area (Å²) in [7, 11) is 0. The van der Waals surface area contributed by atoms with E-state index >= 15 is 0 Å². The van der Waals surface area contributed by atoms with Crippen LogP contribution in [0.15, 0.2) is 30.3 Å². The minimum atomic E-state index is -0.368. The lowest BCUT2D eigenvalue weighted by Gasteiger charge is -2.30. The number of nitrogens with zero attached hydrogens (tertiary/aromatic N) is 1. The second kappa shape index (κ2) is 10.2. The number of benzene rings is 1. The number of piperazine rings is 1. The van der Waals surface area contributed by atoms with Crippen molar-refractivity contribution in [3.8, 4) is 0 Å². The van der Waals surface area contributed by atoms with E-state index in [1.54, 1.807) is 4.90 Å². The fourth-order valence-corrected chi connectivity index (χ4v) is 3.51. The summed E-state index contributed by atoms with van der Waals surface area (Å²) >= 11 is 0. The first-order chi connectivity index (χ1) is 13.2. The molecule has 1 aliphatic heterocycles. The number of hydrogen-bond acceptors (Lipinski definition) is 5. The number of carbonyl (C=O) groups excluding carboxylic acids is 2. The summed E-state index contributed by atoms with van der Waals surface area (Å²) in [5, 5.41) is 6.01. The molecule has 1 aromatic carbocycles. The van der Waals surface area contributed by atoms with Crippen LogP contribution in [-0.4, -0.2) is 56.0 Å². The van der Waals surface area contributed by atoms with Crippen LogP contribution in [0.5, 0.6) is 0 Å². The van der Waals surface area contributed by atoms with Gasteiger partial charge in [0, 0.05) is 32.7 Å². The van der Waals surface area contributed by atoms with Crippen LogP contribution in [0.4, 0.5) is 9.59 Å². The topological polar surface area (TPSA) is 79.9 Å². The van der Waals surface area contributed by atoms with Crippen LogP contribution in [0.25, 0.3) is 0 Å². The van der Waals surface area contributed by atoms with Gasteiger partial charge in [-0.2, -0.15) is 0 Å². The van der Waals surface area contributed by atoms with E-state index in [1.165, 1.54) is 0 Å². The molecule has 2 fully saturated rings. The van der Waals surface area contributed by atoms with E-state index in [9.17, 15) is 9.59 Å². The minimum Gasteiger partial charge on any atom is -0.449 e. The zero-order chi connectivity index (χ0) is 18.9. The van der Waals surface area contributed by atoms with Gasteiger partial charge in [-0.3, -0.25) is 0 Å². The third-order valence-corrected chi connectivity index (χ3v) is 5.16. The monoisotopic (exact) mass is 375 g/mol. The molecule has 0 atom stereocenters. The predicted molar refractivity (Wildman–Crippen MR) is 101 cm³/mol. The molecule has 1 heterocycles. The molecule has 0 bridgehead atoms. The van der Waals surface area contributed by atoms with Crippen LogP contribution in [0, 0.1) is 5.92 Å². The van der Waals surface area contributed by atoms with Crippen molar-refractivity contribution in [2.24, 2.45) is 5.92 Å². The van der Waals surface area contributed by atoms with Crippen molar-refractivity contribution in [1.82, 2.24) is 15.5 Å². The molecule has 0 aromatic heterocycles. The maximum atomic E-state index is 12.0. The second-order valence-corrected chi connectivity index (χ2v) is 7.20. The van der Waals surface area contributed by atoms with Crippen molar-refractivity contribution >= 4 is 12.2 Å². The third-order valence-electron chi connectivity index (χ3n) is 5.16. The Balaban J connectivity index is 1.29. The second-order valence-electron chi connectivity index (χ2n) is 7.20. The number of rotatable bonds is 5. The first-order valence-corrected chi connectivity index (χ1v) is 9.81. The lowest BCUT2D eigenvalue weighted by molar-refractivity contribution is 0.0418. The molecular formula is C20H29N3O4. The normalized spacial score (nSPS) is 22.7. The third kappa shape index (κ3) is 6.43. The Kier molecular flexibility index (Phi) is 7.33. The fourth-order valence-electron chi connectivity index (χ4n) is 3.51. The lowest BCUT2D eigenvalue weighted by Crippen LogP contribution is -2.46. The van der Waals surface area contributed by atoms with Crippen LogP contribution < -0.4 is 10.6 Å². The predicted octanol–water partition coefficient (Wildman–Crippen LogP) is 2.51. The molecule has 27 heavy (non-hydrogen) atoms. The molecule has 148 valence electrons. The molecule has 1 saturated carbocycles. The van der Waals surface area contributed by atoms with Gasteiger partial charge in [0.05, 0.1) is 6.61 Å². The van der Waals surface area contributed by atoms with Crippen LogP contribution in [-0.2, 0) is 16.0 Å². The van der Waals surface area contributed by atoms with Crippen molar-refractivity contribution in [2.45, 2.75) is 38.3 Å². The van der Waals surface area contributed by atoms with Crippen molar-refractivity contribution in [3.63, 3.8) is 0 Å². The Morgan fingerprint density at radius 2 is 1.78 bits per heavy atom. The van der Waals surface area contributed by atoms with E-state index in [-0.39, 0.29) is 18.3 Å². The largest absolute Gasteiger partial charge is 0.449 e. The fraction of sp³-hybridized carbons (Fsp3) is 0.600. The summed E-state index contributed by atoms with van der Waals surface area (Å²) in [6.45, 7) is 3.98. The molecule has 3 rings (SSSR count). The molecule has 2 aliphatic rings.